The fourth-order valence-corrected chi connectivity index (χ4v) is 2.55. The quantitative estimate of drug-likeness (QED) is 0.662. The van der Waals surface area contributed by atoms with Crippen molar-refractivity contribution in [1.82, 2.24) is 5.32 Å². The van der Waals surface area contributed by atoms with Crippen molar-refractivity contribution in [3.8, 4) is 0 Å². The van der Waals surface area contributed by atoms with Crippen LogP contribution in [0.5, 0.6) is 0 Å². The highest BCUT2D eigenvalue weighted by Crippen LogP contribution is 2.26. The highest BCUT2D eigenvalue weighted by molar-refractivity contribution is 5.85. The molecule has 1 N–H and O–H groups in total. The van der Waals surface area contributed by atoms with Crippen molar-refractivity contribution in [3.05, 3.63) is 11.6 Å². The Morgan fingerprint density at radius 2 is 1.86 bits per heavy atom. The molecule has 0 amide bonds. The summed E-state index contributed by atoms with van der Waals surface area (Å²) in [5.74, 6) is 0.920. The summed E-state index contributed by atoms with van der Waals surface area (Å²) in [4.78, 5) is 0. The standard InChI is InChI=1S/C12H21N.ClH/c1-2-5-11(6-3-1)9-12-7-4-8-13-10-12;/h9,11,13H,1-8,10H2;1H/b12-9-;. The molecule has 1 heterocycles. The van der Waals surface area contributed by atoms with Crippen molar-refractivity contribution in [1.29, 1.82) is 0 Å². The van der Waals surface area contributed by atoms with Gasteiger partial charge >= 0.3 is 0 Å². The number of allylic oxidation sites excluding steroid dienone is 1. The number of hydrogen-bond donors (Lipinski definition) is 1. The first-order valence-corrected chi connectivity index (χ1v) is 5.85. The summed E-state index contributed by atoms with van der Waals surface area (Å²) in [5.41, 5.74) is 1.68. The Bertz CT molecular complexity index is 175. The zero-order valence-corrected chi connectivity index (χ0v) is 9.74. The third kappa shape index (κ3) is 3.62. The molecule has 0 aromatic carbocycles. The minimum absolute atomic E-state index is 0. The average Bonchev–Trinajstić information content (AvgIpc) is 2.21. The van der Waals surface area contributed by atoms with Gasteiger partial charge in [0.2, 0.25) is 0 Å². The van der Waals surface area contributed by atoms with E-state index in [0.717, 1.165) is 12.5 Å². The van der Waals surface area contributed by atoms with Crippen LogP contribution >= 0.6 is 12.4 Å². The lowest BCUT2D eigenvalue weighted by Gasteiger charge is -2.22. The lowest BCUT2D eigenvalue weighted by atomic mass is 9.87. The van der Waals surface area contributed by atoms with Crippen LogP contribution in [0, 0.1) is 5.92 Å². The summed E-state index contributed by atoms with van der Waals surface area (Å²) in [6, 6.07) is 0. The number of rotatable bonds is 1. The van der Waals surface area contributed by atoms with E-state index in [0.29, 0.717) is 0 Å². The molecule has 2 aliphatic rings. The zero-order valence-electron chi connectivity index (χ0n) is 8.93. The Morgan fingerprint density at radius 1 is 1.07 bits per heavy atom. The van der Waals surface area contributed by atoms with E-state index in [1.54, 1.807) is 5.57 Å². The van der Waals surface area contributed by atoms with Crippen LogP contribution < -0.4 is 5.32 Å². The van der Waals surface area contributed by atoms with Gasteiger partial charge in [-0.2, -0.15) is 0 Å². The molecule has 2 rings (SSSR count). The second-order valence-corrected chi connectivity index (χ2v) is 4.50. The number of nitrogens with one attached hydrogen (secondary N) is 1. The molecule has 2 heteroatoms. The molecule has 0 aromatic rings. The maximum absolute atomic E-state index is 3.46. The van der Waals surface area contributed by atoms with Gasteiger partial charge in [0.25, 0.3) is 0 Å². The van der Waals surface area contributed by atoms with Crippen LogP contribution in [0.25, 0.3) is 0 Å². The Balaban J connectivity index is 0.000000980. The maximum atomic E-state index is 3.46. The van der Waals surface area contributed by atoms with Gasteiger partial charge in [-0.3, -0.25) is 0 Å². The fourth-order valence-electron chi connectivity index (χ4n) is 2.55. The molecule has 1 aliphatic carbocycles. The van der Waals surface area contributed by atoms with Gasteiger partial charge in [-0.05, 0) is 38.1 Å². The summed E-state index contributed by atoms with van der Waals surface area (Å²) < 4.78 is 0. The van der Waals surface area contributed by atoms with Crippen LogP contribution in [-0.2, 0) is 0 Å². The molecule has 14 heavy (non-hydrogen) atoms. The largest absolute Gasteiger partial charge is 0.313 e. The SMILES string of the molecule is C(=C1\CCCNC1)/C1CCCCC1.Cl. The summed E-state index contributed by atoms with van der Waals surface area (Å²) in [6.07, 6.45) is 12.6. The van der Waals surface area contributed by atoms with Gasteiger partial charge in [0.05, 0.1) is 0 Å². The van der Waals surface area contributed by atoms with Crippen LogP contribution in [0.4, 0.5) is 0 Å². The van der Waals surface area contributed by atoms with Crippen molar-refractivity contribution in [2.24, 2.45) is 5.92 Å². The molecule has 0 atom stereocenters. The third-order valence-corrected chi connectivity index (χ3v) is 3.32. The van der Waals surface area contributed by atoms with Crippen LogP contribution in [0.1, 0.15) is 44.9 Å². The van der Waals surface area contributed by atoms with E-state index in [9.17, 15) is 0 Å². The molecule has 1 nitrogen and oxygen atoms in total. The fraction of sp³-hybridized carbons (Fsp3) is 0.833. The molecular formula is C12H22ClN. The lowest BCUT2D eigenvalue weighted by molar-refractivity contribution is 0.415. The van der Waals surface area contributed by atoms with E-state index in [2.05, 4.69) is 11.4 Å². The van der Waals surface area contributed by atoms with Crippen LogP contribution in [0.3, 0.4) is 0 Å². The summed E-state index contributed by atoms with van der Waals surface area (Å²) in [5, 5.41) is 3.46. The molecule has 1 saturated heterocycles. The van der Waals surface area contributed by atoms with Gasteiger partial charge < -0.3 is 5.32 Å². The van der Waals surface area contributed by atoms with Crippen molar-refractivity contribution in [3.63, 3.8) is 0 Å². The Morgan fingerprint density at radius 3 is 2.50 bits per heavy atom. The molecular weight excluding hydrogens is 194 g/mol. The van der Waals surface area contributed by atoms with E-state index in [1.807, 2.05) is 0 Å². The number of piperidine rings is 1. The monoisotopic (exact) mass is 215 g/mol. The van der Waals surface area contributed by atoms with Gasteiger partial charge in [0.15, 0.2) is 0 Å². The van der Waals surface area contributed by atoms with Crippen LogP contribution in [0.2, 0.25) is 0 Å². The first kappa shape index (κ1) is 12.1. The first-order valence-electron chi connectivity index (χ1n) is 5.85. The second-order valence-electron chi connectivity index (χ2n) is 4.50. The van der Waals surface area contributed by atoms with Gasteiger partial charge in [-0.15, -0.1) is 12.4 Å². The van der Waals surface area contributed by atoms with Crippen LogP contribution in [0.15, 0.2) is 11.6 Å². The second kappa shape index (κ2) is 6.47. The predicted octanol–water partition coefficient (Wildman–Crippen LogP) is 3.30. The Labute approximate surface area is 93.8 Å². The average molecular weight is 216 g/mol. The summed E-state index contributed by atoms with van der Waals surface area (Å²) >= 11 is 0. The van der Waals surface area contributed by atoms with E-state index in [4.69, 9.17) is 0 Å². The number of halogens is 1. The van der Waals surface area contributed by atoms with Crippen molar-refractivity contribution >= 4 is 12.4 Å². The molecule has 2 fully saturated rings. The minimum Gasteiger partial charge on any atom is -0.313 e. The van der Waals surface area contributed by atoms with Gasteiger partial charge in [-0.25, -0.2) is 0 Å². The third-order valence-electron chi connectivity index (χ3n) is 3.32. The van der Waals surface area contributed by atoms with E-state index >= 15 is 0 Å². The summed E-state index contributed by atoms with van der Waals surface area (Å²) in [6.45, 7) is 2.39. The van der Waals surface area contributed by atoms with Gasteiger partial charge in [0, 0.05) is 6.54 Å². The van der Waals surface area contributed by atoms with E-state index in [1.165, 1.54) is 51.5 Å². The topological polar surface area (TPSA) is 12.0 Å². The molecule has 0 aromatic heterocycles. The molecule has 0 radical (unpaired) electrons. The number of hydrogen-bond acceptors (Lipinski definition) is 1. The normalized spacial score (nSPS) is 27.3. The molecule has 0 bridgehead atoms. The molecule has 82 valence electrons. The predicted molar refractivity (Wildman–Crippen MR) is 64.0 cm³/mol. The molecule has 0 unspecified atom stereocenters. The van der Waals surface area contributed by atoms with Gasteiger partial charge in [-0.1, -0.05) is 30.9 Å². The van der Waals surface area contributed by atoms with Crippen molar-refractivity contribution in [2.75, 3.05) is 13.1 Å². The highest BCUT2D eigenvalue weighted by Gasteiger charge is 2.12. The lowest BCUT2D eigenvalue weighted by Crippen LogP contribution is -2.24. The van der Waals surface area contributed by atoms with Crippen molar-refractivity contribution in [2.45, 2.75) is 44.9 Å². The Hall–Kier alpha value is -0.0100. The summed E-state index contributed by atoms with van der Waals surface area (Å²) in [7, 11) is 0. The zero-order chi connectivity index (χ0) is 8.93. The van der Waals surface area contributed by atoms with Gasteiger partial charge in [0.1, 0.15) is 0 Å². The molecule has 1 saturated carbocycles. The van der Waals surface area contributed by atoms with Crippen molar-refractivity contribution < 1.29 is 0 Å². The molecule has 1 aliphatic heterocycles. The highest BCUT2D eigenvalue weighted by atomic mass is 35.5. The van der Waals surface area contributed by atoms with E-state index in [-0.39, 0.29) is 12.4 Å². The maximum Gasteiger partial charge on any atom is 0.0164 e. The van der Waals surface area contributed by atoms with Crippen LogP contribution in [-0.4, -0.2) is 13.1 Å². The van der Waals surface area contributed by atoms with E-state index < -0.39 is 0 Å². The Kier molecular flexibility index (Phi) is 5.57. The minimum atomic E-state index is 0. The smallest absolute Gasteiger partial charge is 0.0164 e. The molecule has 0 spiro atoms. The first-order chi connectivity index (χ1) is 6.45.